The Labute approximate surface area is 154 Å². The van der Waals surface area contributed by atoms with Gasteiger partial charge >= 0.3 is 0 Å². The van der Waals surface area contributed by atoms with E-state index in [1.165, 1.54) is 5.56 Å². The fourth-order valence-electron chi connectivity index (χ4n) is 2.40. The average molecular weight is 403 g/mol. The van der Waals surface area contributed by atoms with E-state index in [9.17, 15) is 0 Å². The van der Waals surface area contributed by atoms with Crippen LogP contribution in [-0.4, -0.2) is 22.0 Å². The molecule has 0 amide bonds. The number of rotatable bonds is 7. The van der Waals surface area contributed by atoms with Gasteiger partial charge < -0.3 is 14.9 Å². The lowest BCUT2D eigenvalue weighted by Crippen LogP contribution is -2.12. The highest BCUT2D eigenvalue weighted by Gasteiger charge is 2.12. The first-order valence-electron chi connectivity index (χ1n) is 7.79. The van der Waals surface area contributed by atoms with Gasteiger partial charge in [-0.3, -0.25) is 0 Å². The highest BCUT2D eigenvalue weighted by atomic mass is 79.9. The van der Waals surface area contributed by atoms with Crippen molar-refractivity contribution in [3.05, 3.63) is 70.2 Å². The van der Waals surface area contributed by atoms with Crippen LogP contribution in [0.2, 0.25) is 0 Å². The second kappa shape index (κ2) is 8.02. The molecule has 0 unspecified atom stereocenters. The average Bonchev–Trinajstić information content (AvgIpc) is 3.13. The molecule has 1 aromatic heterocycles. The summed E-state index contributed by atoms with van der Waals surface area (Å²) < 4.78 is 14.1. The van der Waals surface area contributed by atoms with Crippen LogP contribution in [0.4, 0.5) is 0 Å². The molecule has 0 bridgehead atoms. The lowest BCUT2D eigenvalue weighted by Gasteiger charge is -2.16. The molecule has 1 N–H and O–H groups in total. The zero-order chi connectivity index (χ0) is 17.6. The van der Waals surface area contributed by atoms with Crippen LogP contribution in [0.25, 0.3) is 0 Å². The second-order valence-electron chi connectivity index (χ2n) is 5.53. The molecule has 2 aromatic carbocycles. The highest BCUT2D eigenvalue weighted by Crippen LogP contribution is 2.37. The first kappa shape index (κ1) is 17.3. The van der Waals surface area contributed by atoms with Gasteiger partial charge in [-0.05, 0) is 51.7 Å². The monoisotopic (exact) mass is 402 g/mol. The topological polar surface area (TPSA) is 61.2 Å². The quantitative estimate of drug-likeness (QED) is 0.652. The van der Waals surface area contributed by atoms with Gasteiger partial charge in [-0.25, -0.2) is 4.68 Å². The van der Waals surface area contributed by atoms with Crippen molar-refractivity contribution in [3.8, 4) is 11.5 Å². The summed E-state index contributed by atoms with van der Waals surface area (Å²) >= 11 is 3.59. The van der Waals surface area contributed by atoms with Crippen LogP contribution < -0.4 is 14.9 Å². The molecule has 0 spiro atoms. The molecular formula is C18H19BrN4O2. The standard InChI is InChI=1S/C18H19BrN4O2/c1-13-5-3-4-6-15(13)10-25-18-16(19)7-14(8-17(18)24-2)9-22-23-11-20-21-12-23/h3-8,11-12,22H,9-10H2,1-2H3. The molecule has 7 heteroatoms. The first-order chi connectivity index (χ1) is 12.2. The molecule has 25 heavy (non-hydrogen) atoms. The largest absolute Gasteiger partial charge is 0.493 e. The highest BCUT2D eigenvalue weighted by molar-refractivity contribution is 9.10. The van der Waals surface area contributed by atoms with Crippen LogP contribution in [0.1, 0.15) is 16.7 Å². The Morgan fingerprint density at radius 1 is 1.16 bits per heavy atom. The van der Waals surface area contributed by atoms with Crippen LogP contribution in [0, 0.1) is 6.92 Å². The van der Waals surface area contributed by atoms with Crippen molar-refractivity contribution in [1.29, 1.82) is 0 Å². The Balaban J connectivity index is 1.74. The van der Waals surface area contributed by atoms with E-state index in [0.717, 1.165) is 15.6 Å². The van der Waals surface area contributed by atoms with Gasteiger partial charge in [0.25, 0.3) is 0 Å². The Kier molecular flexibility index (Phi) is 5.55. The van der Waals surface area contributed by atoms with E-state index in [1.807, 2.05) is 24.3 Å². The van der Waals surface area contributed by atoms with Crippen LogP contribution in [0.5, 0.6) is 11.5 Å². The first-order valence-corrected chi connectivity index (χ1v) is 8.59. The minimum absolute atomic E-state index is 0.486. The molecule has 0 fully saturated rings. The second-order valence-corrected chi connectivity index (χ2v) is 6.38. The van der Waals surface area contributed by atoms with Crippen molar-refractivity contribution < 1.29 is 9.47 Å². The predicted octanol–water partition coefficient (Wildman–Crippen LogP) is 3.68. The van der Waals surface area contributed by atoms with Crippen molar-refractivity contribution in [2.75, 3.05) is 12.5 Å². The van der Waals surface area contributed by atoms with Crippen molar-refractivity contribution in [3.63, 3.8) is 0 Å². The third-order valence-corrected chi connectivity index (χ3v) is 4.40. The van der Waals surface area contributed by atoms with E-state index in [2.05, 4.69) is 50.6 Å². The van der Waals surface area contributed by atoms with E-state index in [4.69, 9.17) is 9.47 Å². The van der Waals surface area contributed by atoms with Gasteiger partial charge in [0.05, 0.1) is 18.1 Å². The molecule has 3 rings (SSSR count). The third-order valence-electron chi connectivity index (χ3n) is 3.81. The summed E-state index contributed by atoms with van der Waals surface area (Å²) in [5, 5.41) is 7.51. The summed E-state index contributed by atoms with van der Waals surface area (Å²) in [6.45, 7) is 3.16. The van der Waals surface area contributed by atoms with Crippen molar-refractivity contribution in [2.45, 2.75) is 20.1 Å². The normalized spacial score (nSPS) is 10.5. The number of aromatic nitrogens is 3. The zero-order valence-corrected chi connectivity index (χ0v) is 15.7. The third kappa shape index (κ3) is 4.30. The number of nitrogens with zero attached hydrogens (tertiary/aromatic N) is 3. The van der Waals surface area contributed by atoms with Gasteiger partial charge in [0.2, 0.25) is 0 Å². The van der Waals surface area contributed by atoms with Gasteiger partial charge in [0.15, 0.2) is 11.5 Å². The molecule has 0 aliphatic heterocycles. The van der Waals surface area contributed by atoms with Gasteiger partial charge in [0, 0.05) is 0 Å². The van der Waals surface area contributed by atoms with Gasteiger partial charge in [-0.15, -0.1) is 10.2 Å². The fraction of sp³-hybridized carbons (Fsp3) is 0.222. The summed E-state index contributed by atoms with van der Waals surface area (Å²) in [7, 11) is 1.64. The molecule has 0 saturated carbocycles. The number of nitrogens with one attached hydrogen (secondary N) is 1. The molecule has 130 valence electrons. The Morgan fingerprint density at radius 3 is 2.64 bits per heavy atom. The minimum atomic E-state index is 0.486. The smallest absolute Gasteiger partial charge is 0.175 e. The fourth-order valence-corrected chi connectivity index (χ4v) is 3.01. The molecule has 0 saturated heterocycles. The molecule has 0 radical (unpaired) electrons. The SMILES string of the molecule is COc1cc(CNn2cnnc2)cc(Br)c1OCc1ccccc1C. The van der Waals surface area contributed by atoms with E-state index >= 15 is 0 Å². The summed E-state index contributed by atoms with van der Waals surface area (Å²) in [5.41, 5.74) is 6.57. The summed E-state index contributed by atoms with van der Waals surface area (Å²) in [4.78, 5) is 0. The van der Waals surface area contributed by atoms with E-state index in [-0.39, 0.29) is 0 Å². The minimum Gasteiger partial charge on any atom is -0.493 e. The zero-order valence-electron chi connectivity index (χ0n) is 14.1. The molecule has 0 atom stereocenters. The Morgan fingerprint density at radius 2 is 1.92 bits per heavy atom. The predicted molar refractivity (Wildman–Crippen MR) is 99.3 cm³/mol. The summed E-state index contributed by atoms with van der Waals surface area (Å²) in [6.07, 6.45) is 3.21. The molecule has 3 aromatic rings. The molecular weight excluding hydrogens is 384 g/mol. The Hall–Kier alpha value is -2.54. The molecule has 0 aliphatic carbocycles. The van der Waals surface area contributed by atoms with Gasteiger partial charge in [-0.2, -0.15) is 0 Å². The summed E-state index contributed by atoms with van der Waals surface area (Å²) in [6, 6.07) is 12.1. The number of hydrogen-bond donors (Lipinski definition) is 1. The van der Waals surface area contributed by atoms with Crippen molar-refractivity contribution >= 4 is 15.9 Å². The lowest BCUT2D eigenvalue weighted by atomic mass is 10.1. The van der Waals surface area contributed by atoms with Crippen LogP contribution in [0.15, 0.2) is 53.5 Å². The molecule has 0 aliphatic rings. The Bertz CT molecular complexity index is 837. The number of halogens is 1. The number of methoxy groups -OCH3 is 1. The number of ether oxygens (including phenoxy) is 2. The van der Waals surface area contributed by atoms with Crippen LogP contribution in [0.3, 0.4) is 0 Å². The summed E-state index contributed by atoms with van der Waals surface area (Å²) in [5.74, 6) is 1.38. The van der Waals surface area contributed by atoms with E-state index < -0.39 is 0 Å². The molecule has 6 nitrogen and oxygen atoms in total. The van der Waals surface area contributed by atoms with E-state index in [0.29, 0.717) is 24.7 Å². The van der Waals surface area contributed by atoms with Crippen LogP contribution in [-0.2, 0) is 13.2 Å². The maximum atomic E-state index is 6.01. The maximum Gasteiger partial charge on any atom is 0.175 e. The van der Waals surface area contributed by atoms with Crippen molar-refractivity contribution in [1.82, 2.24) is 14.9 Å². The van der Waals surface area contributed by atoms with Crippen LogP contribution >= 0.6 is 15.9 Å². The number of benzene rings is 2. The maximum absolute atomic E-state index is 6.01. The van der Waals surface area contributed by atoms with Crippen molar-refractivity contribution in [2.24, 2.45) is 0 Å². The molecule has 1 heterocycles. The number of aryl methyl sites for hydroxylation is 1. The van der Waals surface area contributed by atoms with Gasteiger partial charge in [-0.1, -0.05) is 24.3 Å². The van der Waals surface area contributed by atoms with E-state index in [1.54, 1.807) is 24.4 Å². The van der Waals surface area contributed by atoms with Gasteiger partial charge in [0.1, 0.15) is 19.3 Å². The lowest BCUT2D eigenvalue weighted by molar-refractivity contribution is 0.282. The number of hydrogen-bond acceptors (Lipinski definition) is 5.